The average molecular weight is 312 g/mol. The standard InChI is InChI=1S/C14H15Cl2N3O/c1-8(2)20-14-12(17)3-4-13(19-14)18-11-6-9(15)5-10(16)7-11/h3-8H,17H2,1-2H3,(H,18,19). The van der Waals surface area contributed by atoms with E-state index in [-0.39, 0.29) is 6.10 Å². The Balaban J connectivity index is 2.25. The van der Waals surface area contributed by atoms with Crippen molar-refractivity contribution in [3.8, 4) is 5.88 Å². The van der Waals surface area contributed by atoms with Crippen molar-refractivity contribution in [2.45, 2.75) is 20.0 Å². The van der Waals surface area contributed by atoms with Crippen molar-refractivity contribution in [2.75, 3.05) is 11.1 Å². The van der Waals surface area contributed by atoms with E-state index < -0.39 is 0 Å². The molecule has 2 rings (SSSR count). The number of nitrogens with two attached hydrogens (primary N) is 1. The van der Waals surface area contributed by atoms with E-state index in [1.807, 2.05) is 13.8 Å². The highest BCUT2D eigenvalue weighted by Gasteiger charge is 2.07. The van der Waals surface area contributed by atoms with Crippen LogP contribution >= 0.6 is 23.2 Å². The minimum Gasteiger partial charge on any atom is -0.473 e. The summed E-state index contributed by atoms with van der Waals surface area (Å²) in [6, 6.07) is 8.68. The molecule has 0 unspecified atom stereocenters. The SMILES string of the molecule is CC(C)Oc1nc(Nc2cc(Cl)cc(Cl)c2)ccc1N. The predicted molar refractivity (Wildman–Crippen MR) is 84.2 cm³/mol. The number of rotatable bonds is 4. The molecule has 0 bridgehead atoms. The predicted octanol–water partition coefficient (Wildman–Crippen LogP) is 4.50. The van der Waals surface area contributed by atoms with Crippen molar-refractivity contribution < 1.29 is 4.74 Å². The fourth-order valence-corrected chi connectivity index (χ4v) is 2.14. The molecule has 0 atom stereocenters. The Morgan fingerprint density at radius 3 is 2.40 bits per heavy atom. The van der Waals surface area contributed by atoms with Crippen molar-refractivity contribution in [3.05, 3.63) is 40.4 Å². The Morgan fingerprint density at radius 2 is 1.80 bits per heavy atom. The van der Waals surface area contributed by atoms with Crippen LogP contribution in [0.15, 0.2) is 30.3 Å². The van der Waals surface area contributed by atoms with Crippen LogP contribution < -0.4 is 15.8 Å². The number of aromatic nitrogens is 1. The van der Waals surface area contributed by atoms with E-state index in [9.17, 15) is 0 Å². The van der Waals surface area contributed by atoms with Crippen LogP contribution in [0.1, 0.15) is 13.8 Å². The molecule has 2 aromatic rings. The summed E-state index contributed by atoms with van der Waals surface area (Å²) in [5.74, 6) is 1.01. The van der Waals surface area contributed by atoms with Gasteiger partial charge in [0.15, 0.2) is 0 Å². The number of hydrogen-bond acceptors (Lipinski definition) is 4. The Hall–Kier alpha value is -1.65. The number of nitrogen functional groups attached to an aromatic ring is 1. The van der Waals surface area contributed by atoms with Crippen LogP contribution in [-0.4, -0.2) is 11.1 Å². The van der Waals surface area contributed by atoms with Gasteiger partial charge in [-0.2, -0.15) is 4.98 Å². The van der Waals surface area contributed by atoms with E-state index >= 15 is 0 Å². The van der Waals surface area contributed by atoms with Gasteiger partial charge in [-0.1, -0.05) is 23.2 Å². The van der Waals surface area contributed by atoms with E-state index in [0.717, 1.165) is 5.69 Å². The minimum absolute atomic E-state index is 0.000615. The van der Waals surface area contributed by atoms with Crippen LogP contribution in [0, 0.1) is 0 Å². The largest absolute Gasteiger partial charge is 0.473 e. The van der Waals surface area contributed by atoms with Gasteiger partial charge in [0.25, 0.3) is 0 Å². The first-order valence-corrected chi connectivity index (χ1v) is 6.86. The average Bonchev–Trinajstić information content (AvgIpc) is 2.31. The van der Waals surface area contributed by atoms with Gasteiger partial charge in [0.1, 0.15) is 5.82 Å². The quantitative estimate of drug-likeness (QED) is 0.872. The Labute approximate surface area is 127 Å². The molecule has 106 valence electrons. The van der Waals surface area contributed by atoms with Gasteiger partial charge >= 0.3 is 0 Å². The third-order valence-corrected chi connectivity index (χ3v) is 2.81. The maximum Gasteiger partial charge on any atom is 0.239 e. The van der Waals surface area contributed by atoms with Gasteiger partial charge in [-0.05, 0) is 44.2 Å². The lowest BCUT2D eigenvalue weighted by atomic mass is 10.3. The van der Waals surface area contributed by atoms with Crippen LogP contribution in [0.25, 0.3) is 0 Å². The zero-order chi connectivity index (χ0) is 14.7. The molecule has 0 aliphatic carbocycles. The van der Waals surface area contributed by atoms with Crippen LogP contribution in [0.2, 0.25) is 10.0 Å². The molecule has 20 heavy (non-hydrogen) atoms. The molecule has 0 saturated heterocycles. The van der Waals surface area contributed by atoms with Gasteiger partial charge in [-0.3, -0.25) is 0 Å². The molecule has 0 aliphatic heterocycles. The van der Waals surface area contributed by atoms with Crippen molar-refractivity contribution in [2.24, 2.45) is 0 Å². The summed E-state index contributed by atoms with van der Waals surface area (Å²) in [5, 5.41) is 4.21. The van der Waals surface area contributed by atoms with E-state index in [1.54, 1.807) is 30.3 Å². The molecule has 3 N–H and O–H groups in total. The number of pyridine rings is 1. The normalized spacial score (nSPS) is 10.7. The second-order valence-corrected chi connectivity index (χ2v) is 5.41. The van der Waals surface area contributed by atoms with Crippen LogP contribution in [-0.2, 0) is 0 Å². The van der Waals surface area contributed by atoms with Crippen LogP contribution in [0.4, 0.5) is 17.2 Å². The van der Waals surface area contributed by atoms with Gasteiger partial charge in [0, 0.05) is 15.7 Å². The second-order valence-electron chi connectivity index (χ2n) is 4.54. The van der Waals surface area contributed by atoms with Crippen LogP contribution in [0.3, 0.4) is 0 Å². The van der Waals surface area contributed by atoms with E-state index in [1.165, 1.54) is 0 Å². The molecule has 0 spiro atoms. The smallest absolute Gasteiger partial charge is 0.239 e. The lowest BCUT2D eigenvalue weighted by Gasteiger charge is -2.13. The molecule has 6 heteroatoms. The maximum atomic E-state index is 5.95. The fourth-order valence-electron chi connectivity index (χ4n) is 1.61. The molecule has 0 fully saturated rings. The third-order valence-electron chi connectivity index (χ3n) is 2.37. The number of nitrogens with one attached hydrogen (secondary N) is 1. The Kier molecular flexibility index (Phi) is 4.57. The molecule has 1 aromatic carbocycles. The summed E-state index contributed by atoms with van der Waals surface area (Å²) < 4.78 is 5.54. The number of nitrogens with zero attached hydrogens (tertiary/aromatic N) is 1. The molecular formula is C14H15Cl2N3O. The number of hydrogen-bond donors (Lipinski definition) is 2. The van der Waals surface area contributed by atoms with E-state index in [4.69, 9.17) is 33.7 Å². The molecule has 0 amide bonds. The minimum atomic E-state index is 0.000615. The van der Waals surface area contributed by atoms with Crippen molar-refractivity contribution in [1.29, 1.82) is 0 Å². The molecule has 1 heterocycles. The lowest BCUT2D eigenvalue weighted by Crippen LogP contribution is -2.09. The highest BCUT2D eigenvalue weighted by Crippen LogP contribution is 2.27. The zero-order valence-electron chi connectivity index (χ0n) is 11.2. The van der Waals surface area contributed by atoms with Gasteiger partial charge in [-0.15, -0.1) is 0 Å². The summed E-state index contributed by atoms with van der Waals surface area (Å²) in [6.07, 6.45) is 0.000615. The number of ether oxygens (including phenoxy) is 1. The first-order valence-electron chi connectivity index (χ1n) is 6.10. The molecule has 1 aromatic heterocycles. The van der Waals surface area contributed by atoms with Crippen molar-refractivity contribution in [1.82, 2.24) is 4.98 Å². The molecule has 0 saturated carbocycles. The number of halogens is 2. The van der Waals surface area contributed by atoms with Gasteiger partial charge in [0.2, 0.25) is 5.88 Å². The first-order chi connectivity index (χ1) is 9.44. The molecule has 0 aliphatic rings. The van der Waals surface area contributed by atoms with Crippen molar-refractivity contribution >= 4 is 40.4 Å². The molecular weight excluding hydrogens is 297 g/mol. The lowest BCUT2D eigenvalue weighted by molar-refractivity contribution is 0.234. The van der Waals surface area contributed by atoms with E-state index in [0.29, 0.717) is 27.4 Å². The van der Waals surface area contributed by atoms with Crippen molar-refractivity contribution in [3.63, 3.8) is 0 Å². The number of anilines is 3. The Morgan fingerprint density at radius 1 is 1.15 bits per heavy atom. The fraction of sp³-hybridized carbons (Fsp3) is 0.214. The van der Waals surface area contributed by atoms with Gasteiger partial charge in [-0.25, -0.2) is 0 Å². The molecule has 4 nitrogen and oxygen atoms in total. The highest BCUT2D eigenvalue weighted by molar-refractivity contribution is 6.35. The summed E-state index contributed by atoms with van der Waals surface area (Å²) in [7, 11) is 0. The highest BCUT2D eigenvalue weighted by atomic mass is 35.5. The Bertz CT molecular complexity index is 597. The van der Waals surface area contributed by atoms with E-state index in [2.05, 4.69) is 10.3 Å². The van der Waals surface area contributed by atoms with Crippen LogP contribution in [0.5, 0.6) is 5.88 Å². The zero-order valence-corrected chi connectivity index (χ0v) is 12.7. The number of benzene rings is 1. The monoisotopic (exact) mass is 311 g/mol. The summed E-state index contributed by atoms with van der Waals surface area (Å²) in [5.41, 5.74) is 7.06. The van der Waals surface area contributed by atoms with Gasteiger partial charge < -0.3 is 15.8 Å². The van der Waals surface area contributed by atoms with Gasteiger partial charge in [0.05, 0.1) is 11.8 Å². The third kappa shape index (κ3) is 3.92. The first kappa shape index (κ1) is 14.8. The second kappa shape index (κ2) is 6.20. The summed E-state index contributed by atoms with van der Waals surface area (Å²) in [4.78, 5) is 4.32. The molecule has 0 radical (unpaired) electrons. The summed E-state index contributed by atoms with van der Waals surface area (Å²) in [6.45, 7) is 3.83. The summed E-state index contributed by atoms with van der Waals surface area (Å²) >= 11 is 11.9. The topological polar surface area (TPSA) is 60.2 Å². The maximum absolute atomic E-state index is 5.95.